The van der Waals surface area contributed by atoms with Gasteiger partial charge in [-0.3, -0.25) is 4.72 Å². The third kappa shape index (κ3) is 3.10. The van der Waals surface area contributed by atoms with Gasteiger partial charge in [0, 0.05) is 10.7 Å². The van der Waals surface area contributed by atoms with Crippen molar-refractivity contribution in [3.05, 3.63) is 46.1 Å². The zero-order valence-corrected chi connectivity index (χ0v) is 13.4. The summed E-state index contributed by atoms with van der Waals surface area (Å²) in [5, 5.41) is 0. The van der Waals surface area contributed by atoms with Gasteiger partial charge in [0.05, 0.1) is 5.69 Å². The number of aryl methyl sites for hydroxylation is 2. The molecule has 0 spiro atoms. The van der Waals surface area contributed by atoms with E-state index in [2.05, 4.69) is 25.6 Å². The van der Waals surface area contributed by atoms with E-state index in [-0.39, 0.29) is 10.7 Å². The number of aromatic nitrogens is 1. The molecule has 0 saturated heterocycles. The van der Waals surface area contributed by atoms with Crippen molar-refractivity contribution in [1.82, 2.24) is 4.98 Å². The Bertz CT molecular complexity index is 760. The van der Waals surface area contributed by atoms with Crippen molar-refractivity contribution in [1.29, 1.82) is 0 Å². The minimum absolute atomic E-state index is 0.0361. The number of nitrogens with zero attached hydrogens (tertiary/aromatic N) is 1. The van der Waals surface area contributed by atoms with E-state index >= 15 is 0 Å². The van der Waals surface area contributed by atoms with Crippen LogP contribution >= 0.6 is 15.9 Å². The van der Waals surface area contributed by atoms with E-state index in [0.29, 0.717) is 10.2 Å². The topological polar surface area (TPSA) is 85.1 Å². The lowest BCUT2D eigenvalue weighted by Crippen LogP contribution is -2.16. The molecule has 1 heterocycles. The Balaban J connectivity index is 2.46. The molecule has 3 N–H and O–H groups in total. The predicted molar refractivity (Wildman–Crippen MR) is 83.1 cm³/mol. The quantitative estimate of drug-likeness (QED) is 0.886. The molecule has 5 nitrogen and oxygen atoms in total. The van der Waals surface area contributed by atoms with E-state index in [0.717, 1.165) is 11.1 Å². The number of nitrogens with two attached hydrogens (primary N) is 1. The molecule has 0 aliphatic rings. The molecule has 1 aromatic heterocycles. The number of rotatable bonds is 3. The summed E-state index contributed by atoms with van der Waals surface area (Å²) in [6, 6.07) is 6.97. The van der Waals surface area contributed by atoms with Gasteiger partial charge < -0.3 is 5.73 Å². The first-order valence-corrected chi connectivity index (χ1v) is 8.08. The molecule has 20 heavy (non-hydrogen) atoms. The van der Waals surface area contributed by atoms with E-state index in [1.165, 1.54) is 12.3 Å². The Labute approximate surface area is 126 Å². The average molecular weight is 356 g/mol. The first kappa shape index (κ1) is 14.8. The second-order valence-corrected chi connectivity index (χ2v) is 7.03. The predicted octanol–water partition coefficient (Wildman–Crippen LogP) is 2.84. The Hall–Kier alpha value is -1.60. The van der Waals surface area contributed by atoms with E-state index < -0.39 is 10.0 Å². The number of hydrogen-bond donors (Lipinski definition) is 2. The fourth-order valence-electron chi connectivity index (χ4n) is 1.69. The molecular weight excluding hydrogens is 342 g/mol. The second-order valence-electron chi connectivity index (χ2n) is 4.46. The summed E-state index contributed by atoms with van der Waals surface area (Å²) < 4.78 is 27.9. The maximum Gasteiger partial charge on any atom is 0.265 e. The van der Waals surface area contributed by atoms with Crippen LogP contribution in [0.1, 0.15) is 11.1 Å². The Morgan fingerprint density at radius 1 is 1.25 bits per heavy atom. The molecule has 0 aliphatic carbocycles. The molecule has 0 unspecified atom stereocenters. The largest absolute Gasteiger partial charge is 0.383 e. The summed E-state index contributed by atoms with van der Waals surface area (Å²) in [7, 11) is -3.77. The van der Waals surface area contributed by atoms with Crippen molar-refractivity contribution in [3.63, 3.8) is 0 Å². The number of pyridine rings is 1. The zero-order chi connectivity index (χ0) is 14.9. The maximum absolute atomic E-state index is 12.4. The Morgan fingerprint density at radius 3 is 2.65 bits per heavy atom. The minimum Gasteiger partial charge on any atom is -0.383 e. The number of hydrogen-bond acceptors (Lipinski definition) is 4. The Kier molecular flexibility index (Phi) is 4.01. The van der Waals surface area contributed by atoms with Crippen molar-refractivity contribution >= 4 is 37.5 Å². The van der Waals surface area contributed by atoms with Crippen molar-refractivity contribution in [2.75, 3.05) is 10.5 Å². The minimum atomic E-state index is -3.77. The summed E-state index contributed by atoms with van der Waals surface area (Å²) in [6.07, 6.45) is 1.45. The molecule has 0 atom stereocenters. The molecule has 0 amide bonds. The van der Waals surface area contributed by atoms with Crippen LogP contribution in [0.2, 0.25) is 0 Å². The normalized spacial score (nSPS) is 11.3. The molecule has 2 rings (SSSR count). The van der Waals surface area contributed by atoms with Gasteiger partial charge in [0.2, 0.25) is 0 Å². The summed E-state index contributed by atoms with van der Waals surface area (Å²) in [5.41, 5.74) is 7.98. The highest BCUT2D eigenvalue weighted by Crippen LogP contribution is 2.25. The van der Waals surface area contributed by atoms with Gasteiger partial charge in [0.25, 0.3) is 10.0 Å². The first-order chi connectivity index (χ1) is 9.29. The summed E-state index contributed by atoms with van der Waals surface area (Å²) in [5.74, 6) is -0.0361. The zero-order valence-electron chi connectivity index (χ0n) is 11.0. The fraction of sp³-hybridized carbons (Fsp3) is 0.154. The number of halogens is 1. The number of sulfonamides is 1. The monoisotopic (exact) mass is 355 g/mol. The van der Waals surface area contributed by atoms with Crippen LogP contribution < -0.4 is 10.5 Å². The third-order valence-electron chi connectivity index (χ3n) is 2.78. The van der Waals surface area contributed by atoms with Crippen LogP contribution in [-0.4, -0.2) is 13.4 Å². The molecule has 106 valence electrons. The van der Waals surface area contributed by atoms with Crippen LogP contribution in [0.15, 0.2) is 39.8 Å². The van der Waals surface area contributed by atoms with Gasteiger partial charge in [-0.15, -0.1) is 0 Å². The van der Waals surface area contributed by atoms with Gasteiger partial charge in [0.1, 0.15) is 10.7 Å². The van der Waals surface area contributed by atoms with Gasteiger partial charge >= 0.3 is 0 Å². The average Bonchev–Trinajstić information content (AvgIpc) is 2.36. The van der Waals surface area contributed by atoms with Crippen LogP contribution in [0.25, 0.3) is 0 Å². The summed E-state index contributed by atoms with van der Waals surface area (Å²) in [6.45, 7) is 3.73. The fourth-order valence-corrected chi connectivity index (χ4v) is 3.40. The number of nitrogens with one attached hydrogen (secondary N) is 1. The van der Waals surface area contributed by atoms with Gasteiger partial charge in [-0.2, -0.15) is 0 Å². The SMILES string of the molecule is Cc1ccc(C)c(NS(=O)(=O)c2cc(Br)cnc2N)c1. The molecular formula is C13H14BrN3O2S. The lowest BCUT2D eigenvalue weighted by molar-refractivity contribution is 0.601. The second kappa shape index (κ2) is 5.41. The molecule has 0 fully saturated rings. The molecule has 2 aromatic rings. The van der Waals surface area contributed by atoms with Gasteiger partial charge in [-0.05, 0) is 53.0 Å². The van der Waals surface area contributed by atoms with E-state index in [9.17, 15) is 8.42 Å². The van der Waals surface area contributed by atoms with Crippen molar-refractivity contribution in [3.8, 4) is 0 Å². The number of benzene rings is 1. The van der Waals surface area contributed by atoms with Crippen LogP contribution in [0.5, 0.6) is 0 Å². The highest BCUT2D eigenvalue weighted by atomic mass is 79.9. The van der Waals surface area contributed by atoms with Crippen LogP contribution in [0.4, 0.5) is 11.5 Å². The molecule has 0 saturated carbocycles. The van der Waals surface area contributed by atoms with Crippen LogP contribution in [0.3, 0.4) is 0 Å². The molecule has 7 heteroatoms. The lowest BCUT2D eigenvalue weighted by atomic mass is 10.1. The standard InChI is InChI=1S/C13H14BrN3O2S/c1-8-3-4-9(2)11(5-8)17-20(18,19)12-6-10(14)7-16-13(12)15/h3-7,17H,1-2H3,(H2,15,16). The first-order valence-electron chi connectivity index (χ1n) is 5.81. The number of anilines is 2. The van der Waals surface area contributed by atoms with Crippen LogP contribution in [-0.2, 0) is 10.0 Å². The lowest BCUT2D eigenvalue weighted by Gasteiger charge is -2.12. The van der Waals surface area contributed by atoms with E-state index in [1.807, 2.05) is 26.0 Å². The molecule has 0 radical (unpaired) electrons. The molecule has 1 aromatic carbocycles. The smallest absolute Gasteiger partial charge is 0.265 e. The van der Waals surface area contributed by atoms with Crippen molar-refractivity contribution < 1.29 is 8.42 Å². The third-order valence-corrected chi connectivity index (χ3v) is 4.60. The van der Waals surface area contributed by atoms with E-state index in [1.54, 1.807) is 6.07 Å². The van der Waals surface area contributed by atoms with Gasteiger partial charge in [-0.1, -0.05) is 12.1 Å². The van der Waals surface area contributed by atoms with Crippen molar-refractivity contribution in [2.24, 2.45) is 0 Å². The van der Waals surface area contributed by atoms with Gasteiger partial charge in [-0.25, -0.2) is 13.4 Å². The van der Waals surface area contributed by atoms with Gasteiger partial charge in [0.15, 0.2) is 0 Å². The molecule has 0 aliphatic heterocycles. The maximum atomic E-state index is 12.4. The highest BCUT2D eigenvalue weighted by Gasteiger charge is 2.19. The number of nitrogen functional groups attached to an aromatic ring is 1. The summed E-state index contributed by atoms with van der Waals surface area (Å²) in [4.78, 5) is 3.79. The molecule has 0 bridgehead atoms. The Morgan fingerprint density at radius 2 is 1.95 bits per heavy atom. The van der Waals surface area contributed by atoms with Crippen molar-refractivity contribution in [2.45, 2.75) is 18.7 Å². The van der Waals surface area contributed by atoms with Crippen LogP contribution in [0, 0.1) is 13.8 Å². The summed E-state index contributed by atoms with van der Waals surface area (Å²) >= 11 is 3.19. The highest BCUT2D eigenvalue weighted by molar-refractivity contribution is 9.10. The van der Waals surface area contributed by atoms with E-state index in [4.69, 9.17) is 5.73 Å².